The highest BCUT2D eigenvalue weighted by Crippen LogP contribution is 2.25. The van der Waals surface area contributed by atoms with Crippen LogP contribution in [0, 0.1) is 18.2 Å². The van der Waals surface area contributed by atoms with Crippen molar-refractivity contribution in [3.05, 3.63) is 88.9 Å². The summed E-state index contributed by atoms with van der Waals surface area (Å²) >= 11 is 0. The molecule has 1 aliphatic rings. The van der Waals surface area contributed by atoms with Crippen molar-refractivity contribution in [3.8, 4) is 0 Å². The molecule has 3 aromatic rings. The summed E-state index contributed by atoms with van der Waals surface area (Å²) in [4.78, 5) is 35.0. The Kier molecular flexibility index (Phi) is 7.78. The summed E-state index contributed by atoms with van der Waals surface area (Å²) in [6.45, 7) is 9.30. The molecule has 0 saturated carbocycles. The third-order valence-electron chi connectivity index (χ3n) is 5.93. The van der Waals surface area contributed by atoms with Crippen molar-refractivity contribution in [2.45, 2.75) is 6.54 Å². The van der Waals surface area contributed by atoms with Gasteiger partial charge in [0.1, 0.15) is 17.5 Å². The molecule has 1 aromatic heterocycles. The first kappa shape index (κ1) is 25.4. The number of carbonyl (C=O) groups is 2. The Bertz CT molecular complexity index is 1310. The monoisotopic (exact) mass is 505 g/mol. The van der Waals surface area contributed by atoms with Crippen LogP contribution in [-0.4, -0.2) is 54.4 Å². The van der Waals surface area contributed by atoms with Crippen molar-refractivity contribution in [1.29, 1.82) is 0 Å². The first-order valence-electron chi connectivity index (χ1n) is 11.5. The number of nitrogens with one attached hydrogen (secondary N) is 2. The van der Waals surface area contributed by atoms with Crippen LogP contribution in [0.5, 0.6) is 0 Å². The molecule has 0 aliphatic carbocycles. The first-order chi connectivity index (χ1) is 17.8. The molecule has 4 rings (SSSR count). The van der Waals surface area contributed by atoms with Gasteiger partial charge in [-0.05, 0) is 42.0 Å². The first-order valence-corrected chi connectivity index (χ1v) is 11.5. The van der Waals surface area contributed by atoms with Crippen molar-refractivity contribution in [2.24, 2.45) is 5.73 Å². The van der Waals surface area contributed by atoms with Crippen molar-refractivity contribution >= 4 is 34.7 Å². The maximum Gasteiger partial charge on any atom is 0.302 e. The van der Waals surface area contributed by atoms with E-state index in [1.54, 1.807) is 11.0 Å². The van der Waals surface area contributed by atoms with Crippen LogP contribution in [0.15, 0.2) is 54.7 Å². The number of anilines is 4. The smallest absolute Gasteiger partial charge is 0.302 e. The highest BCUT2D eigenvalue weighted by atomic mass is 19.1. The molecule has 0 radical (unpaired) electrons. The lowest BCUT2D eigenvalue weighted by molar-refractivity contribution is -0.129. The third kappa shape index (κ3) is 6.49. The van der Waals surface area contributed by atoms with Gasteiger partial charge in [-0.3, -0.25) is 9.59 Å². The number of aromatic nitrogens is 1. The van der Waals surface area contributed by atoms with Gasteiger partial charge in [0.25, 0.3) is 12.5 Å². The Balaban J connectivity index is 1.41. The lowest BCUT2D eigenvalue weighted by atomic mass is 10.1. The predicted octanol–water partition coefficient (Wildman–Crippen LogP) is 3.38. The number of pyridine rings is 1. The molecule has 0 spiro atoms. The summed E-state index contributed by atoms with van der Waals surface area (Å²) in [5.41, 5.74) is 8.11. The van der Waals surface area contributed by atoms with E-state index in [4.69, 9.17) is 12.3 Å². The summed E-state index contributed by atoms with van der Waals surface area (Å²) in [5, 5.41) is 6.17. The van der Waals surface area contributed by atoms with Crippen molar-refractivity contribution < 1.29 is 18.4 Å². The van der Waals surface area contributed by atoms with E-state index in [0.29, 0.717) is 43.2 Å². The Labute approximate surface area is 212 Å². The molecule has 11 heteroatoms. The topological polar surface area (TPSA) is 108 Å². The van der Waals surface area contributed by atoms with Gasteiger partial charge in [0.2, 0.25) is 0 Å². The van der Waals surface area contributed by atoms with Crippen molar-refractivity contribution in [1.82, 2.24) is 9.88 Å². The highest BCUT2D eigenvalue weighted by Gasteiger charge is 2.22. The molecule has 0 bridgehead atoms. The lowest BCUT2D eigenvalue weighted by Crippen LogP contribution is -2.49. The van der Waals surface area contributed by atoms with E-state index in [9.17, 15) is 18.4 Å². The summed E-state index contributed by atoms with van der Waals surface area (Å²) in [5.74, 6) is -1.77. The number of primary amides is 1. The molecule has 2 amide bonds. The van der Waals surface area contributed by atoms with Gasteiger partial charge in [-0.2, -0.15) is 0 Å². The fourth-order valence-electron chi connectivity index (χ4n) is 4.06. The number of amides is 2. The lowest BCUT2D eigenvalue weighted by Gasteiger charge is -2.35. The minimum atomic E-state index is -0.692. The summed E-state index contributed by atoms with van der Waals surface area (Å²) in [7, 11) is 0. The second kappa shape index (κ2) is 11.3. The molecular weight excluding hydrogens is 480 g/mol. The standard InChI is InChI=1S/C26H25F2N7O2/c1-30-16-25(36)35-8-6-34(7-9-35)21-4-2-20(3-5-21)33-24-13-23(22(15-32-24)26(29)37)31-14-17-10-18(27)12-19(28)11-17/h2-5,10-13,15H,6-9,14,16H2,(H2,29,37)(H2,31,32,33). The Hall–Kier alpha value is -4.72. The van der Waals surface area contributed by atoms with Crippen LogP contribution in [0.25, 0.3) is 4.85 Å². The summed E-state index contributed by atoms with van der Waals surface area (Å²) in [6, 6.07) is 12.5. The molecule has 37 heavy (non-hydrogen) atoms. The maximum absolute atomic E-state index is 13.5. The molecule has 4 N–H and O–H groups in total. The third-order valence-corrected chi connectivity index (χ3v) is 5.93. The number of nitrogens with two attached hydrogens (primary N) is 1. The van der Waals surface area contributed by atoms with Crippen LogP contribution in [0.2, 0.25) is 0 Å². The average Bonchev–Trinajstić information content (AvgIpc) is 2.87. The number of hydrogen-bond donors (Lipinski definition) is 3. The second-order valence-electron chi connectivity index (χ2n) is 8.47. The van der Waals surface area contributed by atoms with Crippen LogP contribution in [0.1, 0.15) is 15.9 Å². The van der Waals surface area contributed by atoms with Gasteiger partial charge in [0.15, 0.2) is 0 Å². The average molecular weight is 506 g/mol. The fraction of sp³-hybridized carbons (Fsp3) is 0.231. The number of carbonyl (C=O) groups excluding carboxylic acids is 2. The molecule has 1 saturated heterocycles. The molecule has 1 aliphatic heterocycles. The number of benzene rings is 2. The van der Waals surface area contributed by atoms with E-state index < -0.39 is 17.5 Å². The number of hydrogen-bond acceptors (Lipinski definition) is 6. The van der Waals surface area contributed by atoms with Gasteiger partial charge in [0.05, 0.1) is 11.3 Å². The summed E-state index contributed by atoms with van der Waals surface area (Å²) in [6.07, 6.45) is 1.34. The number of nitrogens with zero attached hydrogens (tertiary/aromatic N) is 4. The molecule has 0 atom stereocenters. The van der Waals surface area contributed by atoms with E-state index in [1.807, 2.05) is 24.3 Å². The van der Waals surface area contributed by atoms with Gasteiger partial charge < -0.3 is 31.0 Å². The van der Waals surface area contributed by atoms with Crippen LogP contribution in [0.3, 0.4) is 0 Å². The molecule has 2 aromatic carbocycles. The molecule has 9 nitrogen and oxygen atoms in total. The van der Waals surface area contributed by atoms with E-state index in [2.05, 4.69) is 25.4 Å². The van der Waals surface area contributed by atoms with Gasteiger partial charge in [0, 0.05) is 62.4 Å². The zero-order chi connectivity index (χ0) is 26.4. The zero-order valence-corrected chi connectivity index (χ0v) is 19.9. The fourth-order valence-corrected chi connectivity index (χ4v) is 4.06. The Morgan fingerprint density at radius 3 is 2.32 bits per heavy atom. The van der Waals surface area contributed by atoms with Crippen LogP contribution in [-0.2, 0) is 11.3 Å². The normalized spacial score (nSPS) is 13.1. The minimum absolute atomic E-state index is 0.0733. The molecule has 0 unspecified atom stereocenters. The number of piperazine rings is 1. The minimum Gasteiger partial charge on any atom is -0.380 e. The largest absolute Gasteiger partial charge is 0.380 e. The SMILES string of the molecule is [C-]#[N+]CC(=O)N1CCN(c2ccc(Nc3cc(NCc4cc(F)cc(F)c4)c(C(N)=O)cn3)cc2)CC1. The molecular formula is C26H25F2N7O2. The quantitative estimate of drug-likeness (QED) is 0.405. The van der Waals surface area contributed by atoms with Crippen LogP contribution >= 0.6 is 0 Å². The Morgan fingerprint density at radius 1 is 1.03 bits per heavy atom. The summed E-state index contributed by atoms with van der Waals surface area (Å²) < 4.78 is 27.0. The molecule has 2 heterocycles. The van der Waals surface area contributed by atoms with Crippen molar-refractivity contribution in [3.63, 3.8) is 0 Å². The second-order valence-corrected chi connectivity index (χ2v) is 8.47. The van der Waals surface area contributed by atoms with Gasteiger partial charge in [-0.25, -0.2) is 20.3 Å². The van der Waals surface area contributed by atoms with E-state index in [-0.39, 0.29) is 24.6 Å². The number of halogens is 2. The Morgan fingerprint density at radius 2 is 1.70 bits per heavy atom. The van der Waals surface area contributed by atoms with Crippen LogP contribution in [0.4, 0.5) is 31.7 Å². The van der Waals surface area contributed by atoms with E-state index in [0.717, 1.165) is 17.4 Å². The van der Waals surface area contributed by atoms with E-state index >= 15 is 0 Å². The van der Waals surface area contributed by atoms with Gasteiger partial charge >= 0.3 is 5.91 Å². The van der Waals surface area contributed by atoms with E-state index in [1.165, 1.54) is 18.3 Å². The van der Waals surface area contributed by atoms with Gasteiger partial charge in [-0.1, -0.05) is 0 Å². The zero-order valence-electron chi connectivity index (χ0n) is 19.9. The maximum atomic E-state index is 13.5. The molecule has 1 fully saturated rings. The highest BCUT2D eigenvalue weighted by molar-refractivity contribution is 5.98. The van der Waals surface area contributed by atoms with Gasteiger partial charge in [-0.15, -0.1) is 0 Å². The number of rotatable bonds is 8. The molecule has 190 valence electrons. The van der Waals surface area contributed by atoms with Crippen molar-refractivity contribution in [2.75, 3.05) is 48.3 Å². The predicted molar refractivity (Wildman–Crippen MR) is 136 cm³/mol. The van der Waals surface area contributed by atoms with Crippen LogP contribution < -0.4 is 21.3 Å².